The predicted octanol–water partition coefficient (Wildman–Crippen LogP) is 4.77. The first-order chi connectivity index (χ1) is 11.5. The predicted molar refractivity (Wildman–Crippen MR) is 106 cm³/mol. The molecule has 0 bridgehead atoms. The summed E-state index contributed by atoms with van der Waals surface area (Å²) in [6.07, 6.45) is 7.93. The fourth-order valence-corrected chi connectivity index (χ4v) is 3.42. The molecule has 0 aromatic heterocycles. The van der Waals surface area contributed by atoms with Crippen LogP contribution in [0.5, 0.6) is 0 Å². The Bertz CT molecular complexity index is 530. The van der Waals surface area contributed by atoms with Gasteiger partial charge in [0.05, 0.1) is 17.5 Å². The molecule has 2 aliphatic heterocycles. The summed E-state index contributed by atoms with van der Waals surface area (Å²) in [5.74, 6) is 0.558. The van der Waals surface area contributed by atoms with E-state index >= 15 is 0 Å². The van der Waals surface area contributed by atoms with Gasteiger partial charge in [0.15, 0.2) is 0 Å². The molecule has 24 heavy (non-hydrogen) atoms. The summed E-state index contributed by atoms with van der Waals surface area (Å²) in [6.45, 7) is 10.5. The van der Waals surface area contributed by atoms with E-state index in [1.807, 2.05) is 0 Å². The normalized spacial score (nSPS) is 23.1. The van der Waals surface area contributed by atoms with E-state index in [1.165, 1.54) is 18.6 Å². The van der Waals surface area contributed by atoms with Crippen molar-refractivity contribution in [3.05, 3.63) is 0 Å². The highest BCUT2D eigenvalue weighted by molar-refractivity contribution is 6.45. The summed E-state index contributed by atoms with van der Waals surface area (Å²) in [5.41, 5.74) is 4.01. The Morgan fingerprint density at radius 2 is 1.75 bits per heavy atom. The summed E-state index contributed by atoms with van der Waals surface area (Å²) in [4.78, 5) is 14.4. The molecule has 0 spiro atoms. The molecular formula is C20H34N4. The maximum atomic E-state index is 8.52. The molecule has 0 saturated carbocycles. The highest BCUT2D eigenvalue weighted by Crippen LogP contribution is 2.21. The molecule has 3 unspecified atom stereocenters. The van der Waals surface area contributed by atoms with Crippen molar-refractivity contribution < 1.29 is 0 Å². The van der Waals surface area contributed by atoms with Gasteiger partial charge >= 0.3 is 0 Å². The van der Waals surface area contributed by atoms with Gasteiger partial charge in [-0.3, -0.25) is 15.0 Å². The number of rotatable bonds is 7. The molecule has 0 radical (unpaired) electrons. The van der Waals surface area contributed by atoms with Crippen LogP contribution in [0.25, 0.3) is 0 Å². The SMILES string of the molecule is CCC(C)C(N=C(C)C(C)C(=N)C1=NCCCC1)C1=NCCCC1. The van der Waals surface area contributed by atoms with Crippen molar-refractivity contribution in [3.8, 4) is 0 Å². The first kappa shape index (κ1) is 19.0. The fourth-order valence-electron chi connectivity index (χ4n) is 3.42. The summed E-state index contributed by atoms with van der Waals surface area (Å²) in [7, 11) is 0. The second kappa shape index (κ2) is 9.24. The third kappa shape index (κ3) is 4.84. The van der Waals surface area contributed by atoms with Crippen LogP contribution in [0.2, 0.25) is 0 Å². The second-order valence-corrected chi connectivity index (χ2v) is 7.35. The summed E-state index contributed by atoms with van der Waals surface area (Å²) >= 11 is 0. The van der Waals surface area contributed by atoms with Gasteiger partial charge in [0.2, 0.25) is 0 Å². The minimum absolute atomic E-state index is 0.0533. The minimum Gasteiger partial charge on any atom is -0.303 e. The Morgan fingerprint density at radius 1 is 1.08 bits per heavy atom. The van der Waals surface area contributed by atoms with Crippen LogP contribution in [0.3, 0.4) is 0 Å². The lowest BCUT2D eigenvalue weighted by Crippen LogP contribution is -2.32. The highest BCUT2D eigenvalue weighted by atomic mass is 14.9. The molecule has 0 saturated heterocycles. The molecular weight excluding hydrogens is 296 g/mol. The summed E-state index contributed by atoms with van der Waals surface area (Å²) in [6, 6.07) is 0.193. The van der Waals surface area contributed by atoms with E-state index in [-0.39, 0.29) is 12.0 Å². The second-order valence-electron chi connectivity index (χ2n) is 7.35. The molecule has 2 rings (SSSR count). The van der Waals surface area contributed by atoms with Gasteiger partial charge < -0.3 is 5.41 Å². The van der Waals surface area contributed by atoms with Crippen molar-refractivity contribution in [3.63, 3.8) is 0 Å². The van der Waals surface area contributed by atoms with Gasteiger partial charge in [0.25, 0.3) is 0 Å². The zero-order chi connectivity index (χ0) is 17.5. The quantitative estimate of drug-likeness (QED) is 0.654. The molecule has 2 heterocycles. The highest BCUT2D eigenvalue weighted by Gasteiger charge is 2.25. The lowest BCUT2D eigenvalue weighted by atomic mass is 9.89. The van der Waals surface area contributed by atoms with Gasteiger partial charge in [0.1, 0.15) is 0 Å². The molecule has 134 valence electrons. The van der Waals surface area contributed by atoms with E-state index in [1.54, 1.807) is 0 Å². The lowest BCUT2D eigenvalue weighted by Gasteiger charge is -2.26. The van der Waals surface area contributed by atoms with Crippen LogP contribution in [-0.4, -0.2) is 42.0 Å². The Labute approximate surface area is 147 Å². The van der Waals surface area contributed by atoms with Crippen LogP contribution >= 0.6 is 0 Å². The molecule has 0 amide bonds. The summed E-state index contributed by atoms with van der Waals surface area (Å²) in [5, 5.41) is 8.52. The maximum absolute atomic E-state index is 8.52. The molecule has 4 heteroatoms. The van der Waals surface area contributed by atoms with Crippen molar-refractivity contribution in [1.82, 2.24) is 0 Å². The van der Waals surface area contributed by atoms with Crippen LogP contribution in [0.4, 0.5) is 0 Å². The van der Waals surface area contributed by atoms with Gasteiger partial charge in [0, 0.05) is 30.4 Å². The monoisotopic (exact) mass is 330 g/mol. The molecule has 3 atom stereocenters. The van der Waals surface area contributed by atoms with Crippen molar-refractivity contribution in [2.24, 2.45) is 26.8 Å². The van der Waals surface area contributed by atoms with E-state index in [0.29, 0.717) is 11.6 Å². The van der Waals surface area contributed by atoms with Gasteiger partial charge in [-0.1, -0.05) is 27.2 Å². The van der Waals surface area contributed by atoms with Crippen LogP contribution < -0.4 is 0 Å². The number of nitrogens with zero attached hydrogens (tertiary/aromatic N) is 3. The topological polar surface area (TPSA) is 60.9 Å². The molecule has 0 aliphatic carbocycles. The van der Waals surface area contributed by atoms with Crippen molar-refractivity contribution in [1.29, 1.82) is 5.41 Å². The molecule has 0 fully saturated rings. The average molecular weight is 331 g/mol. The fraction of sp³-hybridized carbons (Fsp3) is 0.800. The molecule has 0 aromatic carbocycles. The van der Waals surface area contributed by atoms with Crippen molar-refractivity contribution in [2.75, 3.05) is 13.1 Å². The third-order valence-corrected chi connectivity index (χ3v) is 5.52. The maximum Gasteiger partial charge on any atom is 0.0900 e. The van der Waals surface area contributed by atoms with Crippen LogP contribution in [0, 0.1) is 17.2 Å². The van der Waals surface area contributed by atoms with Crippen LogP contribution in [0.15, 0.2) is 15.0 Å². The molecule has 4 nitrogen and oxygen atoms in total. The minimum atomic E-state index is 0.0533. The van der Waals surface area contributed by atoms with Gasteiger partial charge in [-0.25, -0.2) is 0 Å². The van der Waals surface area contributed by atoms with Gasteiger partial charge in [-0.15, -0.1) is 0 Å². The Hall–Kier alpha value is -1.32. The molecule has 1 N–H and O–H groups in total. The average Bonchev–Trinajstić information content (AvgIpc) is 2.65. The number of hydrogen-bond acceptors (Lipinski definition) is 4. The Morgan fingerprint density at radius 3 is 2.29 bits per heavy atom. The zero-order valence-corrected chi connectivity index (χ0v) is 15.9. The third-order valence-electron chi connectivity index (χ3n) is 5.52. The number of aliphatic imine (C=N–C) groups is 3. The van der Waals surface area contributed by atoms with E-state index < -0.39 is 0 Å². The smallest absolute Gasteiger partial charge is 0.0900 e. The Kier molecular flexibility index (Phi) is 7.32. The van der Waals surface area contributed by atoms with E-state index in [4.69, 9.17) is 15.4 Å². The first-order valence-electron chi connectivity index (χ1n) is 9.74. The van der Waals surface area contributed by atoms with E-state index in [2.05, 4.69) is 32.7 Å². The zero-order valence-electron chi connectivity index (χ0n) is 15.9. The van der Waals surface area contributed by atoms with Crippen LogP contribution in [0.1, 0.15) is 72.6 Å². The van der Waals surface area contributed by atoms with Crippen molar-refractivity contribution in [2.45, 2.75) is 78.7 Å². The van der Waals surface area contributed by atoms with Gasteiger partial charge in [-0.2, -0.15) is 0 Å². The first-order valence-corrected chi connectivity index (χ1v) is 9.74. The molecule has 2 aliphatic rings. The van der Waals surface area contributed by atoms with E-state index in [0.717, 1.165) is 56.6 Å². The van der Waals surface area contributed by atoms with Crippen molar-refractivity contribution >= 4 is 22.8 Å². The van der Waals surface area contributed by atoms with Gasteiger partial charge in [-0.05, 0) is 51.4 Å². The number of nitrogens with one attached hydrogen (secondary N) is 1. The standard InChI is InChI=1S/C20H34N4/c1-5-14(2)20(18-11-7-9-13-23-18)24-16(4)15(3)19(21)17-10-6-8-12-22-17/h14-15,20-21H,5-13H2,1-4H3. The number of hydrogen-bond donors (Lipinski definition) is 1. The molecule has 0 aromatic rings. The lowest BCUT2D eigenvalue weighted by molar-refractivity contribution is 0.510. The summed E-state index contributed by atoms with van der Waals surface area (Å²) < 4.78 is 0. The van der Waals surface area contributed by atoms with Crippen LogP contribution in [-0.2, 0) is 0 Å². The van der Waals surface area contributed by atoms with E-state index in [9.17, 15) is 0 Å². The largest absolute Gasteiger partial charge is 0.303 e. The Balaban J connectivity index is 2.16.